The first-order chi connectivity index (χ1) is 5.88. The molecule has 0 aliphatic heterocycles. The van der Waals surface area contributed by atoms with Gasteiger partial charge >= 0.3 is 0 Å². The van der Waals surface area contributed by atoms with Crippen molar-refractivity contribution in [2.24, 2.45) is 5.14 Å². The first kappa shape index (κ1) is 10.5. The minimum absolute atomic E-state index is 0.167. The maximum absolute atomic E-state index is 10.8. The highest BCUT2D eigenvalue weighted by molar-refractivity contribution is 7.88. The van der Waals surface area contributed by atoms with Crippen LogP contribution in [-0.2, 0) is 15.8 Å². The number of primary sulfonamides is 1. The summed E-state index contributed by atoms with van der Waals surface area (Å²) in [5, 5.41) is 5.43. The van der Waals surface area contributed by atoms with E-state index >= 15 is 0 Å². The molecule has 0 fully saturated rings. The SMILES string of the molecule is Cc1ccc(Cl)cc1CS(N)(=O)=O. The van der Waals surface area contributed by atoms with Crippen LogP contribution >= 0.6 is 11.6 Å². The molecule has 1 aromatic carbocycles. The normalized spacial score (nSPS) is 11.6. The zero-order valence-electron chi connectivity index (χ0n) is 7.12. The van der Waals surface area contributed by atoms with Crippen molar-refractivity contribution in [1.29, 1.82) is 0 Å². The Bertz CT molecular complexity index is 414. The first-order valence-corrected chi connectivity index (χ1v) is 5.73. The standard InChI is InChI=1S/C8H10ClNO2S/c1-6-2-3-8(9)4-7(6)5-13(10,11)12/h2-4H,5H2,1H3,(H2,10,11,12). The molecule has 3 nitrogen and oxygen atoms in total. The third-order valence-corrected chi connectivity index (χ3v) is 2.62. The van der Waals surface area contributed by atoms with Gasteiger partial charge < -0.3 is 0 Å². The number of sulfonamides is 1. The fourth-order valence-electron chi connectivity index (χ4n) is 1.01. The van der Waals surface area contributed by atoms with Gasteiger partial charge in [-0.2, -0.15) is 0 Å². The van der Waals surface area contributed by atoms with E-state index in [1.165, 1.54) is 0 Å². The highest BCUT2D eigenvalue weighted by Gasteiger charge is 2.07. The van der Waals surface area contributed by atoms with E-state index in [9.17, 15) is 8.42 Å². The van der Waals surface area contributed by atoms with Gasteiger partial charge in [0.15, 0.2) is 0 Å². The van der Waals surface area contributed by atoms with E-state index in [1.54, 1.807) is 18.2 Å². The molecule has 1 rings (SSSR count). The lowest BCUT2D eigenvalue weighted by Crippen LogP contribution is -2.15. The molecule has 0 heterocycles. The topological polar surface area (TPSA) is 60.2 Å². The van der Waals surface area contributed by atoms with E-state index in [1.807, 2.05) is 6.92 Å². The number of rotatable bonds is 2. The van der Waals surface area contributed by atoms with Crippen LogP contribution in [0.2, 0.25) is 5.02 Å². The van der Waals surface area contributed by atoms with Crippen LogP contribution in [0.1, 0.15) is 11.1 Å². The zero-order chi connectivity index (χ0) is 10.1. The lowest BCUT2D eigenvalue weighted by Gasteiger charge is -2.03. The maximum atomic E-state index is 10.8. The fourth-order valence-corrected chi connectivity index (χ4v) is 1.95. The molecule has 72 valence electrons. The Labute approximate surface area is 82.6 Å². The molecule has 0 amide bonds. The first-order valence-electron chi connectivity index (χ1n) is 3.64. The summed E-state index contributed by atoms with van der Waals surface area (Å²) in [6.45, 7) is 1.82. The molecule has 0 aliphatic carbocycles. The average molecular weight is 220 g/mol. The van der Waals surface area contributed by atoms with E-state index in [2.05, 4.69) is 0 Å². The summed E-state index contributed by atoms with van der Waals surface area (Å²) in [5.74, 6) is -0.167. The van der Waals surface area contributed by atoms with Crippen LogP contribution in [0.15, 0.2) is 18.2 Å². The number of hydrogen-bond donors (Lipinski definition) is 1. The zero-order valence-corrected chi connectivity index (χ0v) is 8.69. The highest BCUT2D eigenvalue weighted by atomic mass is 35.5. The Morgan fingerprint density at radius 1 is 1.46 bits per heavy atom. The summed E-state index contributed by atoms with van der Waals surface area (Å²) in [6, 6.07) is 5.09. The van der Waals surface area contributed by atoms with Gasteiger partial charge in [0.2, 0.25) is 10.0 Å². The van der Waals surface area contributed by atoms with Gasteiger partial charge in [-0.15, -0.1) is 0 Å². The number of halogens is 1. The van der Waals surface area contributed by atoms with Crippen molar-refractivity contribution >= 4 is 21.6 Å². The van der Waals surface area contributed by atoms with E-state index in [0.717, 1.165) is 5.56 Å². The van der Waals surface area contributed by atoms with E-state index in [4.69, 9.17) is 16.7 Å². The number of aryl methyl sites for hydroxylation is 1. The molecular formula is C8H10ClNO2S. The maximum Gasteiger partial charge on any atom is 0.213 e. The second-order valence-corrected chi connectivity index (χ2v) is 4.93. The minimum Gasteiger partial charge on any atom is -0.228 e. The second kappa shape index (κ2) is 3.65. The Balaban J connectivity index is 3.08. The third-order valence-electron chi connectivity index (χ3n) is 1.67. The van der Waals surface area contributed by atoms with Crippen molar-refractivity contribution in [3.05, 3.63) is 34.3 Å². The molecule has 2 N–H and O–H groups in total. The number of benzene rings is 1. The van der Waals surface area contributed by atoms with E-state index in [0.29, 0.717) is 10.6 Å². The molecule has 0 radical (unpaired) electrons. The van der Waals surface area contributed by atoms with Crippen molar-refractivity contribution in [3.8, 4) is 0 Å². The summed E-state index contributed by atoms with van der Waals surface area (Å²) in [4.78, 5) is 0. The number of hydrogen-bond acceptors (Lipinski definition) is 2. The van der Waals surface area contributed by atoms with E-state index in [-0.39, 0.29) is 5.75 Å². The molecule has 0 unspecified atom stereocenters. The van der Waals surface area contributed by atoms with Gasteiger partial charge in [0.1, 0.15) is 0 Å². The largest absolute Gasteiger partial charge is 0.228 e. The molecular weight excluding hydrogens is 210 g/mol. The van der Waals surface area contributed by atoms with Crippen LogP contribution in [0.5, 0.6) is 0 Å². The van der Waals surface area contributed by atoms with Crippen LogP contribution in [0.3, 0.4) is 0 Å². The molecule has 0 atom stereocenters. The predicted octanol–water partition coefficient (Wildman–Crippen LogP) is 1.44. The lowest BCUT2D eigenvalue weighted by atomic mass is 10.1. The van der Waals surface area contributed by atoms with Crippen LogP contribution in [0.25, 0.3) is 0 Å². The van der Waals surface area contributed by atoms with Crippen LogP contribution in [0, 0.1) is 6.92 Å². The van der Waals surface area contributed by atoms with Gasteiger partial charge in [-0.05, 0) is 30.2 Å². The highest BCUT2D eigenvalue weighted by Crippen LogP contribution is 2.16. The Kier molecular flexibility index (Phi) is 2.95. The Morgan fingerprint density at radius 2 is 2.08 bits per heavy atom. The summed E-state index contributed by atoms with van der Waals surface area (Å²) >= 11 is 5.71. The van der Waals surface area contributed by atoms with Crippen molar-refractivity contribution in [2.45, 2.75) is 12.7 Å². The molecule has 0 aromatic heterocycles. The van der Waals surface area contributed by atoms with Crippen molar-refractivity contribution in [1.82, 2.24) is 0 Å². The van der Waals surface area contributed by atoms with Gasteiger partial charge in [-0.3, -0.25) is 0 Å². The van der Waals surface area contributed by atoms with Gasteiger partial charge in [0.25, 0.3) is 0 Å². The van der Waals surface area contributed by atoms with Gasteiger partial charge in [0, 0.05) is 5.02 Å². The van der Waals surface area contributed by atoms with Crippen LogP contribution < -0.4 is 5.14 Å². The van der Waals surface area contributed by atoms with Crippen LogP contribution in [-0.4, -0.2) is 8.42 Å². The predicted molar refractivity (Wildman–Crippen MR) is 53.0 cm³/mol. The summed E-state index contributed by atoms with van der Waals surface area (Å²) in [5.41, 5.74) is 1.52. The van der Waals surface area contributed by atoms with Gasteiger partial charge in [0.05, 0.1) is 5.75 Å². The van der Waals surface area contributed by atoms with Crippen molar-refractivity contribution in [2.75, 3.05) is 0 Å². The second-order valence-electron chi connectivity index (χ2n) is 2.88. The van der Waals surface area contributed by atoms with Crippen molar-refractivity contribution < 1.29 is 8.42 Å². The molecule has 0 bridgehead atoms. The lowest BCUT2D eigenvalue weighted by molar-refractivity contribution is 0.597. The van der Waals surface area contributed by atoms with Crippen LogP contribution in [0.4, 0.5) is 0 Å². The average Bonchev–Trinajstić information content (AvgIpc) is 1.94. The fraction of sp³-hybridized carbons (Fsp3) is 0.250. The van der Waals surface area contributed by atoms with Gasteiger partial charge in [-0.25, -0.2) is 13.6 Å². The summed E-state index contributed by atoms with van der Waals surface area (Å²) in [7, 11) is -3.48. The monoisotopic (exact) mass is 219 g/mol. The molecule has 13 heavy (non-hydrogen) atoms. The molecule has 1 aromatic rings. The van der Waals surface area contributed by atoms with E-state index < -0.39 is 10.0 Å². The quantitative estimate of drug-likeness (QED) is 0.818. The van der Waals surface area contributed by atoms with Crippen molar-refractivity contribution in [3.63, 3.8) is 0 Å². The molecule has 5 heteroatoms. The number of nitrogens with two attached hydrogens (primary N) is 1. The molecule has 0 saturated heterocycles. The Hall–Kier alpha value is -0.580. The smallest absolute Gasteiger partial charge is 0.213 e. The molecule has 0 saturated carbocycles. The molecule has 0 aliphatic rings. The summed E-state index contributed by atoms with van der Waals surface area (Å²) < 4.78 is 21.6. The Morgan fingerprint density at radius 3 is 2.62 bits per heavy atom. The van der Waals surface area contributed by atoms with Gasteiger partial charge in [-0.1, -0.05) is 17.7 Å². The minimum atomic E-state index is -3.48. The molecule has 0 spiro atoms. The summed E-state index contributed by atoms with van der Waals surface area (Å²) in [6.07, 6.45) is 0. The third kappa shape index (κ3) is 3.34.